The summed E-state index contributed by atoms with van der Waals surface area (Å²) in [6.45, 7) is 2.12. The smallest absolute Gasteiger partial charge is 0.262 e. The molecule has 0 spiro atoms. The molecule has 0 aliphatic carbocycles. The molecule has 3 rings (SSSR count). The molecule has 0 unspecified atom stereocenters. The van der Waals surface area contributed by atoms with Gasteiger partial charge in [0.25, 0.3) is 5.91 Å². The van der Waals surface area contributed by atoms with Gasteiger partial charge in [0.15, 0.2) is 0 Å². The van der Waals surface area contributed by atoms with E-state index in [1.54, 1.807) is 53.4 Å². The lowest BCUT2D eigenvalue weighted by molar-refractivity contribution is 0.0999. The first-order chi connectivity index (χ1) is 13.6. The fourth-order valence-electron chi connectivity index (χ4n) is 2.82. The Morgan fingerprint density at radius 3 is 1.61 bits per heavy atom. The summed E-state index contributed by atoms with van der Waals surface area (Å²) in [5.74, 6) is 0.0935. The van der Waals surface area contributed by atoms with Gasteiger partial charge in [-0.2, -0.15) is 0 Å². The van der Waals surface area contributed by atoms with E-state index in [2.05, 4.69) is 44.2 Å². The average molecular weight is 601 g/mol. The van der Waals surface area contributed by atoms with Crippen LogP contribution in [0.3, 0.4) is 0 Å². The molecule has 6 heteroatoms. The molecular formula is C22H21I2NO3. The number of anilines is 2. The number of amides is 1. The summed E-state index contributed by atoms with van der Waals surface area (Å²) in [5, 5.41) is 19.1. The second kappa shape index (κ2) is 11.3. The van der Waals surface area contributed by atoms with Crippen LogP contribution >= 0.6 is 37.2 Å². The zero-order valence-electron chi connectivity index (χ0n) is 15.3. The maximum absolute atomic E-state index is 13.2. The van der Waals surface area contributed by atoms with E-state index in [4.69, 9.17) is 0 Å². The van der Waals surface area contributed by atoms with E-state index in [-0.39, 0.29) is 17.4 Å². The van der Waals surface area contributed by atoms with E-state index in [0.717, 1.165) is 12.8 Å². The summed E-state index contributed by atoms with van der Waals surface area (Å²) in [6, 6.07) is 20.5. The van der Waals surface area contributed by atoms with E-state index >= 15 is 0 Å². The zero-order valence-corrected chi connectivity index (χ0v) is 19.7. The number of nitrogens with zero attached hydrogens (tertiary/aromatic N) is 1. The molecule has 0 heterocycles. The number of hydrogen-bond donors (Lipinski definition) is 2. The summed E-state index contributed by atoms with van der Waals surface area (Å²) < 4.78 is 0. The maximum atomic E-state index is 13.2. The van der Waals surface area contributed by atoms with Crippen molar-refractivity contribution >= 4 is 54.5 Å². The molecular weight excluding hydrogens is 580 g/mol. The Morgan fingerprint density at radius 2 is 1.21 bits per heavy atom. The number of phenolic OH excluding ortho intramolecular Hbond substituents is 2. The van der Waals surface area contributed by atoms with Crippen molar-refractivity contribution in [2.75, 3.05) is 4.90 Å². The predicted molar refractivity (Wildman–Crippen MR) is 131 cm³/mol. The van der Waals surface area contributed by atoms with E-state index < -0.39 is 0 Å². The molecule has 3 aromatic rings. The Morgan fingerprint density at radius 1 is 0.786 bits per heavy atom. The van der Waals surface area contributed by atoms with Gasteiger partial charge in [0.05, 0.1) is 0 Å². The second-order valence-corrected chi connectivity index (χ2v) is 6.12. The fourth-order valence-corrected chi connectivity index (χ4v) is 2.82. The highest BCUT2D eigenvalue weighted by Gasteiger charge is 2.20. The van der Waals surface area contributed by atoms with E-state index in [1.165, 1.54) is 5.56 Å². The number of rotatable bonds is 5. The molecule has 0 atom stereocenters. The van der Waals surface area contributed by atoms with Gasteiger partial charge in [0.1, 0.15) is 11.5 Å². The number of aromatic hydroxyl groups is 2. The topological polar surface area (TPSA) is 60.8 Å². The molecule has 0 bridgehead atoms. The molecule has 4 nitrogen and oxygen atoms in total. The Hall–Kier alpha value is -1.81. The minimum absolute atomic E-state index is 0.135. The molecule has 0 aliphatic rings. The number of benzene rings is 3. The Bertz CT molecular complexity index is 834. The van der Waals surface area contributed by atoms with Crippen LogP contribution in [0.25, 0.3) is 0 Å². The minimum atomic E-state index is -0.176. The molecule has 0 fully saturated rings. The van der Waals surface area contributed by atoms with Gasteiger partial charge in [-0.1, -0.05) is 25.5 Å². The van der Waals surface area contributed by atoms with Crippen LogP contribution in [0.4, 0.5) is 11.4 Å². The summed E-state index contributed by atoms with van der Waals surface area (Å²) in [7, 11) is 0. The number of hydrogen-bond acceptors (Lipinski definition) is 3. The van der Waals surface area contributed by atoms with Crippen LogP contribution < -0.4 is 4.90 Å². The van der Waals surface area contributed by atoms with E-state index in [0.29, 0.717) is 16.9 Å². The van der Waals surface area contributed by atoms with Crippen molar-refractivity contribution in [1.82, 2.24) is 0 Å². The van der Waals surface area contributed by atoms with Crippen LogP contribution in [-0.4, -0.2) is 16.1 Å². The lowest BCUT2D eigenvalue weighted by Gasteiger charge is -2.23. The molecule has 0 radical (unpaired) electrons. The fraction of sp³-hybridized carbons (Fsp3) is 0.136. The number of aryl methyl sites for hydroxylation is 1. The predicted octanol–water partition coefficient (Wildman–Crippen LogP) is 6.80. The van der Waals surface area contributed by atoms with Crippen LogP contribution in [0, 0.1) is 0 Å². The molecule has 0 saturated heterocycles. The molecule has 3 aromatic carbocycles. The van der Waals surface area contributed by atoms with Crippen molar-refractivity contribution in [3.63, 3.8) is 0 Å². The van der Waals surface area contributed by atoms with Gasteiger partial charge in [-0.15, -0.1) is 0 Å². The van der Waals surface area contributed by atoms with E-state index in [1.807, 2.05) is 24.3 Å². The zero-order chi connectivity index (χ0) is 20.5. The minimum Gasteiger partial charge on any atom is -0.508 e. The number of phenols is 2. The SMILES string of the molecule is CCCc1ccc(C(=O)N(c2ccc(O)cc2)c2ccc(O)cc2)cc1.II. The van der Waals surface area contributed by atoms with Crippen molar-refractivity contribution in [3.8, 4) is 11.5 Å². The first kappa shape index (κ1) is 22.5. The monoisotopic (exact) mass is 601 g/mol. The summed E-state index contributed by atoms with van der Waals surface area (Å²) in [6.07, 6.45) is 2.04. The molecule has 0 saturated carbocycles. The van der Waals surface area contributed by atoms with Crippen molar-refractivity contribution in [2.24, 2.45) is 0 Å². The third kappa shape index (κ3) is 5.84. The average Bonchev–Trinajstić information content (AvgIpc) is 2.73. The quantitative estimate of drug-likeness (QED) is 0.317. The molecule has 146 valence electrons. The molecule has 0 aliphatic heterocycles. The number of carbonyl (C=O) groups is 1. The summed E-state index contributed by atoms with van der Waals surface area (Å²) >= 11 is 4.24. The molecule has 1 amide bonds. The van der Waals surface area contributed by atoms with Crippen molar-refractivity contribution in [2.45, 2.75) is 19.8 Å². The molecule has 0 aromatic heterocycles. The Labute approximate surface area is 188 Å². The number of carbonyl (C=O) groups excluding carboxylic acids is 1. The summed E-state index contributed by atoms with van der Waals surface area (Å²) in [5.41, 5.74) is 3.04. The van der Waals surface area contributed by atoms with Crippen LogP contribution in [0.5, 0.6) is 11.5 Å². The highest BCUT2D eigenvalue weighted by Crippen LogP contribution is 2.30. The summed E-state index contributed by atoms with van der Waals surface area (Å²) in [4.78, 5) is 14.7. The first-order valence-corrected chi connectivity index (χ1v) is 15.0. The lowest BCUT2D eigenvalue weighted by Crippen LogP contribution is -2.25. The van der Waals surface area contributed by atoms with Gasteiger partial charge in [-0.3, -0.25) is 9.69 Å². The molecule has 28 heavy (non-hydrogen) atoms. The highest BCUT2D eigenvalue weighted by atomic mass is 128. The van der Waals surface area contributed by atoms with Crippen molar-refractivity contribution < 1.29 is 15.0 Å². The van der Waals surface area contributed by atoms with Crippen LogP contribution in [0.1, 0.15) is 29.3 Å². The third-order valence-electron chi connectivity index (χ3n) is 4.16. The van der Waals surface area contributed by atoms with Gasteiger partial charge < -0.3 is 10.2 Å². The molecule has 2 N–H and O–H groups in total. The van der Waals surface area contributed by atoms with Gasteiger partial charge >= 0.3 is 0 Å². The van der Waals surface area contributed by atoms with Crippen molar-refractivity contribution in [3.05, 3.63) is 83.9 Å². The van der Waals surface area contributed by atoms with Crippen LogP contribution in [0.15, 0.2) is 72.8 Å². The second-order valence-electron chi connectivity index (χ2n) is 6.12. The van der Waals surface area contributed by atoms with Gasteiger partial charge in [-0.25, -0.2) is 0 Å². The third-order valence-corrected chi connectivity index (χ3v) is 4.16. The van der Waals surface area contributed by atoms with Crippen LogP contribution in [-0.2, 0) is 6.42 Å². The Kier molecular flexibility index (Phi) is 9.04. The standard InChI is InChI=1S/C22H21NO3.I2/c1-2-3-16-4-6-17(7-5-16)22(26)23(18-8-12-20(24)13-9-18)19-10-14-21(25)15-11-19;1-2/h4-15,24-25H,2-3H2,1H3;. The van der Waals surface area contributed by atoms with Crippen molar-refractivity contribution in [1.29, 1.82) is 0 Å². The first-order valence-electron chi connectivity index (χ1n) is 8.74. The van der Waals surface area contributed by atoms with Gasteiger partial charge in [0.2, 0.25) is 0 Å². The maximum Gasteiger partial charge on any atom is 0.262 e. The van der Waals surface area contributed by atoms with E-state index in [9.17, 15) is 15.0 Å². The van der Waals surface area contributed by atoms with Gasteiger partial charge in [0, 0.05) is 54.2 Å². The highest BCUT2D eigenvalue weighted by molar-refractivity contribution is 15.0. The Balaban J connectivity index is 0.00000136. The lowest BCUT2D eigenvalue weighted by atomic mass is 10.1. The largest absolute Gasteiger partial charge is 0.508 e. The normalized spacial score (nSPS) is 9.96. The van der Waals surface area contributed by atoms with Crippen LogP contribution in [0.2, 0.25) is 0 Å². The number of halogens is 2. The van der Waals surface area contributed by atoms with Gasteiger partial charge in [-0.05, 0) is 72.6 Å².